The summed E-state index contributed by atoms with van der Waals surface area (Å²) in [6.07, 6.45) is 0.247. The second-order valence-corrected chi connectivity index (χ2v) is 9.68. The summed E-state index contributed by atoms with van der Waals surface area (Å²) in [5.74, 6) is -1.76. The molecule has 0 saturated heterocycles. The van der Waals surface area contributed by atoms with Crippen molar-refractivity contribution in [3.8, 4) is 22.9 Å². The van der Waals surface area contributed by atoms with Crippen LogP contribution in [0.1, 0.15) is 39.8 Å². The predicted molar refractivity (Wildman–Crippen MR) is 137 cm³/mol. The molecule has 0 fully saturated rings. The van der Waals surface area contributed by atoms with Gasteiger partial charge in [-0.25, -0.2) is 23.5 Å². The summed E-state index contributed by atoms with van der Waals surface area (Å²) in [4.78, 5) is 32.7. The van der Waals surface area contributed by atoms with E-state index in [2.05, 4.69) is 15.3 Å². The molecule has 1 aromatic carbocycles. The topological polar surface area (TPSA) is 99.6 Å². The van der Waals surface area contributed by atoms with Gasteiger partial charge in [-0.3, -0.25) is 4.79 Å². The van der Waals surface area contributed by atoms with E-state index in [9.17, 15) is 18.4 Å². The number of hydrogen-bond donors (Lipinski definition) is 1. The van der Waals surface area contributed by atoms with Gasteiger partial charge >= 0.3 is 12.1 Å². The molecule has 1 N–H and O–H groups in total. The van der Waals surface area contributed by atoms with E-state index in [1.54, 1.807) is 52.0 Å². The molecule has 11 heteroatoms. The van der Waals surface area contributed by atoms with Gasteiger partial charge < -0.3 is 19.5 Å². The highest BCUT2D eigenvalue weighted by atomic mass is 35.5. The molecule has 2 aromatic heterocycles. The Bertz CT molecular complexity index is 1280. The van der Waals surface area contributed by atoms with Gasteiger partial charge in [0.05, 0.1) is 29.4 Å². The van der Waals surface area contributed by atoms with Gasteiger partial charge in [0.1, 0.15) is 17.2 Å². The first-order valence-corrected chi connectivity index (χ1v) is 12.2. The second-order valence-electron chi connectivity index (χ2n) is 9.25. The maximum Gasteiger partial charge on any atom is 0.407 e. The SMILES string of the molecule is CCOC(=O)CC(Cc1nc(-c2ccc(Oc3ncc(Cl)cc3F)cc2)ccc1F)NC(=O)OC(C)(C)C. The third kappa shape index (κ3) is 8.65. The molecular weight excluding hydrogens is 520 g/mol. The van der Waals surface area contributed by atoms with Crippen LogP contribution in [0.25, 0.3) is 11.3 Å². The minimum absolute atomic E-state index is 0.0422. The number of benzene rings is 1. The van der Waals surface area contributed by atoms with Crippen molar-refractivity contribution in [1.82, 2.24) is 15.3 Å². The lowest BCUT2D eigenvalue weighted by atomic mass is 10.1. The fourth-order valence-corrected chi connectivity index (χ4v) is 3.52. The second kappa shape index (κ2) is 12.6. The molecule has 0 saturated carbocycles. The van der Waals surface area contributed by atoms with Crippen molar-refractivity contribution in [2.45, 2.75) is 52.2 Å². The van der Waals surface area contributed by atoms with Gasteiger partial charge in [-0.05, 0) is 70.2 Å². The minimum atomic E-state index is -0.821. The van der Waals surface area contributed by atoms with Crippen LogP contribution in [0.4, 0.5) is 13.6 Å². The first kappa shape index (κ1) is 28.8. The first-order chi connectivity index (χ1) is 17.9. The number of hydrogen-bond acceptors (Lipinski definition) is 7. The van der Waals surface area contributed by atoms with Crippen molar-refractivity contribution >= 4 is 23.7 Å². The zero-order valence-electron chi connectivity index (χ0n) is 21.4. The van der Waals surface area contributed by atoms with Crippen LogP contribution in [0.5, 0.6) is 11.6 Å². The summed E-state index contributed by atoms with van der Waals surface area (Å²) >= 11 is 5.71. The van der Waals surface area contributed by atoms with Crippen LogP contribution in [-0.4, -0.2) is 40.3 Å². The molecule has 202 valence electrons. The van der Waals surface area contributed by atoms with Gasteiger partial charge in [-0.2, -0.15) is 0 Å². The minimum Gasteiger partial charge on any atom is -0.466 e. The van der Waals surface area contributed by atoms with Gasteiger partial charge in [0.15, 0.2) is 5.82 Å². The number of nitrogens with zero attached hydrogens (tertiary/aromatic N) is 2. The Balaban J connectivity index is 1.78. The molecule has 8 nitrogen and oxygen atoms in total. The molecule has 0 bridgehead atoms. The molecule has 2 heterocycles. The van der Waals surface area contributed by atoms with Gasteiger partial charge in [0.25, 0.3) is 5.88 Å². The Morgan fingerprint density at radius 2 is 1.79 bits per heavy atom. The average Bonchev–Trinajstić information content (AvgIpc) is 2.81. The van der Waals surface area contributed by atoms with E-state index in [4.69, 9.17) is 25.8 Å². The zero-order valence-corrected chi connectivity index (χ0v) is 22.1. The number of esters is 1. The Kier molecular flexibility index (Phi) is 9.57. The maximum absolute atomic E-state index is 14.7. The van der Waals surface area contributed by atoms with Gasteiger partial charge in [-0.1, -0.05) is 11.6 Å². The van der Waals surface area contributed by atoms with Crippen LogP contribution < -0.4 is 10.1 Å². The van der Waals surface area contributed by atoms with E-state index >= 15 is 0 Å². The number of carbonyl (C=O) groups excluding carboxylic acids is 2. The number of halogens is 3. The van der Waals surface area contributed by atoms with Crippen molar-refractivity contribution in [3.63, 3.8) is 0 Å². The molecule has 1 unspecified atom stereocenters. The van der Waals surface area contributed by atoms with Crippen LogP contribution in [0, 0.1) is 11.6 Å². The molecule has 38 heavy (non-hydrogen) atoms. The average molecular weight is 548 g/mol. The number of nitrogens with one attached hydrogen (secondary N) is 1. The van der Waals surface area contributed by atoms with Crippen molar-refractivity contribution in [2.75, 3.05) is 6.61 Å². The smallest absolute Gasteiger partial charge is 0.407 e. The number of alkyl carbamates (subject to hydrolysis) is 1. The number of rotatable bonds is 9. The van der Waals surface area contributed by atoms with E-state index in [-0.39, 0.29) is 36.0 Å². The summed E-state index contributed by atoms with van der Waals surface area (Å²) < 4.78 is 44.4. The van der Waals surface area contributed by atoms with E-state index in [0.29, 0.717) is 17.0 Å². The summed E-state index contributed by atoms with van der Waals surface area (Å²) in [5.41, 5.74) is 0.356. The fourth-order valence-electron chi connectivity index (χ4n) is 3.37. The molecule has 0 aliphatic carbocycles. The highest BCUT2D eigenvalue weighted by molar-refractivity contribution is 6.30. The van der Waals surface area contributed by atoms with Gasteiger partial charge in [-0.15, -0.1) is 0 Å². The lowest BCUT2D eigenvalue weighted by molar-refractivity contribution is -0.143. The third-order valence-corrected chi connectivity index (χ3v) is 5.14. The summed E-state index contributed by atoms with van der Waals surface area (Å²) in [7, 11) is 0. The molecule has 0 radical (unpaired) electrons. The van der Waals surface area contributed by atoms with Crippen molar-refractivity contribution in [3.05, 3.63) is 71.0 Å². The van der Waals surface area contributed by atoms with Crippen molar-refractivity contribution in [2.24, 2.45) is 0 Å². The normalized spacial score (nSPS) is 12.0. The molecular formula is C27H28ClF2N3O5. The largest absolute Gasteiger partial charge is 0.466 e. The summed E-state index contributed by atoms with van der Waals surface area (Å²) in [6.45, 7) is 6.95. The summed E-state index contributed by atoms with van der Waals surface area (Å²) in [6, 6.07) is 9.53. The van der Waals surface area contributed by atoms with Crippen LogP contribution >= 0.6 is 11.6 Å². The highest BCUT2D eigenvalue weighted by Crippen LogP contribution is 2.27. The Labute approximate surface area is 224 Å². The Morgan fingerprint density at radius 1 is 1.08 bits per heavy atom. The molecule has 1 atom stereocenters. The molecule has 3 aromatic rings. The predicted octanol–water partition coefficient (Wildman–Crippen LogP) is 6.26. The molecule has 0 aliphatic rings. The number of aromatic nitrogens is 2. The van der Waals surface area contributed by atoms with Gasteiger partial charge in [0.2, 0.25) is 0 Å². The van der Waals surface area contributed by atoms with Crippen molar-refractivity contribution < 1.29 is 32.6 Å². The van der Waals surface area contributed by atoms with Crippen LogP contribution in [0.3, 0.4) is 0 Å². The quantitative estimate of drug-likeness (QED) is 0.316. The van der Waals surface area contributed by atoms with Crippen LogP contribution in [0.2, 0.25) is 5.02 Å². The number of pyridine rings is 2. The van der Waals surface area contributed by atoms with E-state index in [0.717, 1.165) is 6.07 Å². The van der Waals surface area contributed by atoms with Gasteiger partial charge in [0, 0.05) is 24.2 Å². The first-order valence-electron chi connectivity index (χ1n) is 11.8. The lowest BCUT2D eigenvalue weighted by Crippen LogP contribution is -2.41. The molecule has 3 rings (SSSR count). The van der Waals surface area contributed by atoms with Crippen LogP contribution in [-0.2, 0) is 20.7 Å². The van der Waals surface area contributed by atoms with E-state index < -0.39 is 35.3 Å². The molecule has 1 amide bonds. The monoisotopic (exact) mass is 547 g/mol. The Hall–Kier alpha value is -3.79. The molecule has 0 aliphatic heterocycles. The standard InChI is InChI=1S/C27H28ClF2N3O5/c1-5-36-24(34)14-18(32-26(35)38-27(2,3)4)13-23-20(29)10-11-22(33-23)16-6-8-19(9-7-16)37-25-21(30)12-17(28)15-31-25/h6-12,15,18H,5,13-14H2,1-4H3,(H,32,35). The third-order valence-electron chi connectivity index (χ3n) is 4.94. The number of amides is 1. The zero-order chi connectivity index (χ0) is 27.9. The molecule has 0 spiro atoms. The Morgan fingerprint density at radius 3 is 2.42 bits per heavy atom. The summed E-state index contributed by atoms with van der Waals surface area (Å²) in [5, 5.41) is 2.75. The van der Waals surface area contributed by atoms with Crippen molar-refractivity contribution in [1.29, 1.82) is 0 Å². The maximum atomic E-state index is 14.7. The van der Waals surface area contributed by atoms with E-state index in [1.807, 2.05) is 0 Å². The van der Waals surface area contributed by atoms with Crippen LogP contribution in [0.15, 0.2) is 48.7 Å². The van der Waals surface area contributed by atoms with E-state index in [1.165, 1.54) is 18.3 Å². The number of carbonyl (C=O) groups is 2. The number of ether oxygens (including phenoxy) is 3. The lowest BCUT2D eigenvalue weighted by Gasteiger charge is -2.23. The highest BCUT2D eigenvalue weighted by Gasteiger charge is 2.24. The fraction of sp³-hybridized carbons (Fsp3) is 0.333.